The molecule has 11 atom stereocenters. The second-order valence-corrected chi connectivity index (χ2v) is 28.0. The number of carbonyl (C=O) groups is 14. The van der Waals surface area contributed by atoms with Gasteiger partial charge in [0.05, 0.1) is 6.61 Å². The molecule has 37 heteroatoms. The van der Waals surface area contributed by atoms with Crippen LogP contribution >= 0.6 is 11.6 Å². The summed E-state index contributed by atoms with van der Waals surface area (Å²) in [5, 5.41) is 64.5. The minimum absolute atomic E-state index is 0.00306. The van der Waals surface area contributed by atoms with Crippen LogP contribution in [0.1, 0.15) is 101 Å². The Morgan fingerprint density at radius 3 is 1.59 bits per heavy atom. The molecule has 0 radical (unpaired) electrons. The number of phenolic OH excluding ortho intramolecular Hbond substituents is 1. The molecule has 24 N–H and O–H groups in total. The van der Waals surface area contributed by atoms with Crippen molar-refractivity contribution in [1.82, 2.24) is 79.0 Å². The van der Waals surface area contributed by atoms with Gasteiger partial charge in [0.15, 0.2) is 5.96 Å². The zero-order chi connectivity index (χ0) is 82.1. The van der Waals surface area contributed by atoms with Crippen molar-refractivity contribution < 1.29 is 77.3 Å². The molecule has 0 spiro atoms. The second kappa shape index (κ2) is 44.4. The molecule has 5 aromatic rings. The van der Waals surface area contributed by atoms with Crippen molar-refractivity contribution in [2.45, 2.75) is 171 Å². The summed E-state index contributed by atoms with van der Waals surface area (Å²) >= 11 is 6.24. The summed E-state index contributed by atoms with van der Waals surface area (Å²) in [6.07, 6.45) is 2.41. The van der Waals surface area contributed by atoms with E-state index in [2.05, 4.69) is 74.1 Å². The number of aliphatic hydroxyl groups is 1. The van der Waals surface area contributed by atoms with Gasteiger partial charge in [-0.05, 0) is 128 Å². The Morgan fingerprint density at radius 1 is 0.518 bits per heavy atom. The number of pyridine rings is 1. The van der Waals surface area contributed by atoms with E-state index in [1.54, 1.807) is 50.2 Å². The molecule has 1 aromatic heterocycles. The van der Waals surface area contributed by atoms with E-state index in [9.17, 15) is 67.7 Å². The summed E-state index contributed by atoms with van der Waals surface area (Å²) in [6.45, 7) is 4.55. The first-order chi connectivity index (χ1) is 53.3. The number of carbonyl (C=O) groups excluding carboxylic acids is 14. The molecule has 112 heavy (non-hydrogen) atoms. The van der Waals surface area contributed by atoms with Gasteiger partial charge >= 0.3 is 12.1 Å². The highest BCUT2D eigenvalue weighted by molar-refractivity contribution is 6.30. The third-order valence-corrected chi connectivity index (χ3v) is 18.3. The summed E-state index contributed by atoms with van der Waals surface area (Å²) in [6, 6.07) is 10.2. The molecule has 1 aliphatic rings. The Labute approximate surface area is 651 Å². The predicted molar refractivity (Wildman–Crippen MR) is 412 cm³/mol. The van der Waals surface area contributed by atoms with Crippen molar-refractivity contribution >= 4 is 111 Å². The van der Waals surface area contributed by atoms with E-state index < -0.39 is 163 Å². The number of benzene rings is 4. The number of nitrogens with one attached hydrogen (secondary N) is 14. The first-order valence-corrected chi connectivity index (χ1v) is 36.9. The van der Waals surface area contributed by atoms with E-state index in [0.29, 0.717) is 33.7 Å². The number of fused-ring (bicyclic) bond motifs is 1. The van der Waals surface area contributed by atoms with Gasteiger partial charge in [0.25, 0.3) is 0 Å². The third-order valence-electron chi connectivity index (χ3n) is 18.1. The lowest BCUT2D eigenvalue weighted by molar-refractivity contribution is -0.142. The van der Waals surface area contributed by atoms with E-state index >= 15 is 9.59 Å². The van der Waals surface area contributed by atoms with E-state index in [4.69, 9.17) is 39.9 Å². The van der Waals surface area contributed by atoms with Crippen LogP contribution in [0.5, 0.6) is 5.75 Å². The van der Waals surface area contributed by atoms with Crippen molar-refractivity contribution in [3.05, 3.63) is 143 Å². The van der Waals surface area contributed by atoms with Crippen molar-refractivity contribution in [2.24, 2.45) is 28.9 Å². The minimum atomic E-state index is -1.90. The van der Waals surface area contributed by atoms with Gasteiger partial charge in [0, 0.05) is 76.2 Å². The molecule has 0 saturated carbocycles. The van der Waals surface area contributed by atoms with Gasteiger partial charge in [0.2, 0.25) is 70.9 Å². The molecular formula is C75H101ClN20O16. The van der Waals surface area contributed by atoms with Crippen LogP contribution in [0.25, 0.3) is 10.8 Å². The second-order valence-electron chi connectivity index (χ2n) is 27.5. The van der Waals surface area contributed by atoms with Crippen molar-refractivity contribution in [3.8, 4) is 5.75 Å². The molecule has 16 amide bonds. The lowest BCUT2D eigenvalue weighted by atomic mass is 9.99. The average Bonchev–Trinajstić information content (AvgIpc) is 1.79. The summed E-state index contributed by atoms with van der Waals surface area (Å²) in [5.41, 5.74) is 23.3. The van der Waals surface area contributed by atoms with Crippen LogP contribution in [0.3, 0.4) is 0 Å². The zero-order valence-electron chi connectivity index (χ0n) is 62.6. The number of hydrogen-bond donors (Lipinski definition) is 20. The lowest BCUT2D eigenvalue weighted by Crippen LogP contribution is -2.61. The molecule has 0 aliphatic carbocycles. The summed E-state index contributed by atoms with van der Waals surface area (Å²) in [5.74, 6) is -11.2. The smallest absolute Gasteiger partial charge is 0.312 e. The van der Waals surface area contributed by atoms with Crippen LogP contribution in [-0.4, -0.2) is 208 Å². The number of primary amides is 3. The number of halogens is 1. The average molecular weight is 1570 g/mol. The quantitative estimate of drug-likeness (QED) is 0.0114. The van der Waals surface area contributed by atoms with E-state index in [-0.39, 0.29) is 108 Å². The normalized spacial score (nSPS) is 15.1. The number of rotatable bonds is 43. The minimum Gasteiger partial charge on any atom is -0.508 e. The molecule has 1 saturated heterocycles. The summed E-state index contributed by atoms with van der Waals surface area (Å²) in [4.78, 5) is 198. The van der Waals surface area contributed by atoms with Gasteiger partial charge in [-0.2, -0.15) is 0 Å². The molecular weight excluding hydrogens is 1470 g/mol. The van der Waals surface area contributed by atoms with Gasteiger partial charge in [-0.25, -0.2) is 9.59 Å². The molecule has 1 unspecified atom stereocenters. The molecule has 1 aliphatic heterocycles. The molecule has 4 aromatic carbocycles. The van der Waals surface area contributed by atoms with Crippen LogP contribution in [0.15, 0.2) is 116 Å². The maximum atomic E-state index is 15.1. The maximum Gasteiger partial charge on any atom is 0.312 e. The van der Waals surface area contributed by atoms with Gasteiger partial charge in [-0.3, -0.25) is 67.9 Å². The molecule has 1 fully saturated rings. The highest BCUT2D eigenvalue weighted by Crippen LogP contribution is 2.23. The van der Waals surface area contributed by atoms with Gasteiger partial charge in [-0.1, -0.05) is 98.2 Å². The van der Waals surface area contributed by atoms with Crippen molar-refractivity contribution in [1.29, 1.82) is 5.41 Å². The number of aliphatic hydroxyl groups excluding tert-OH is 1. The molecule has 6 rings (SSSR count). The number of aromatic nitrogens is 1. The Kier molecular flexibility index (Phi) is 35.2. The number of unbranched alkanes of at least 4 members (excludes halogenated alkanes) is 1. The number of phenols is 1. The van der Waals surface area contributed by atoms with Gasteiger partial charge in [-0.15, -0.1) is 0 Å². The SMILES string of the molecule is CC(=O)N[C@H](Cc1ccc2ccccc2c1)C(=O)N[C@H](Cc1ccc(Cl)cc1)C(=O)N[C@H](Cc1cccnc1)C(=O)N[C@@H](CO)C(=O)N[C@@H](Cc1ccc(O)cc1)C(=O)N[C@H](CCCCNC(=O)C(CNC(N)=O)NC(N)=O)C(=O)N[C@@H](CC(C)C)C(=O)N[C@@H](CCCNC(=N)N)C(=O)N1CCC[C@H]1C(=O)N[C@H](C)C(N)=O. The first-order valence-electron chi connectivity index (χ1n) is 36.5. The monoisotopic (exact) mass is 1570 g/mol. The predicted octanol–water partition coefficient (Wildman–Crippen LogP) is -1.96. The number of urea groups is 2. The van der Waals surface area contributed by atoms with Gasteiger partial charge in [0.1, 0.15) is 72.2 Å². The van der Waals surface area contributed by atoms with Crippen LogP contribution in [-0.2, 0) is 83.2 Å². The van der Waals surface area contributed by atoms with Crippen LogP contribution in [0.2, 0.25) is 5.02 Å². The molecule has 0 bridgehead atoms. The number of hydrogen-bond acceptors (Lipinski definition) is 18. The van der Waals surface area contributed by atoms with Gasteiger partial charge < -0.3 is 107 Å². The number of guanidine groups is 1. The van der Waals surface area contributed by atoms with E-state index in [1.807, 2.05) is 42.5 Å². The highest BCUT2D eigenvalue weighted by Gasteiger charge is 2.41. The fourth-order valence-electron chi connectivity index (χ4n) is 12.3. The standard InChI is InChI=1S/C75H101ClN20O16/c1-41(2)32-54(65(103)89-53(16-10-30-84-73(78)79)72(110)96-31-11-17-61(96)71(109)86-42(3)62(77)100)90-64(102)52(15-7-8-29-83-63(101)59(95-75(81)112)39-85-74(80)111)88-67(105)56(35-45-21-26-51(99)27-22-45)93-70(108)60(40-97)94-69(107)58(37-47-12-9-28-82-38-47)92-68(106)57(34-44-19-24-50(76)25-20-44)91-66(104)55(87-43(4)98)36-46-18-23-48-13-5-6-14-49(48)33-46/h5-6,9,12-14,18-28,33,38,41-42,52-61,97,99H,7-8,10-11,15-17,29-32,34-37,39-40H2,1-4H3,(H2,77,100)(H,83,101)(H,86,109)(H,87,98)(H,88,105)(H,89,103)(H,90,102)(H,91,104)(H,92,106)(H,93,108)(H,94,107)(H4,78,79,84)(H3,80,85,111)(H3,81,95,112)/t42-,52-,53+,54+,55-,56+,57-,58-,59?,60+,61+/m1/s1. The first kappa shape index (κ1) is 88.7. The number of aromatic hydroxyl groups is 1. The zero-order valence-corrected chi connectivity index (χ0v) is 63.4. The fourth-order valence-corrected chi connectivity index (χ4v) is 12.4. The number of nitrogens with two attached hydrogens (primary N) is 4. The van der Waals surface area contributed by atoms with Crippen molar-refractivity contribution in [3.63, 3.8) is 0 Å². The molecule has 36 nitrogen and oxygen atoms in total. The summed E-state index contributed by atoms with van der Waals surface area (Å²) in [7, 11) is 0. The largest absolute Gasteiger partial charge is 0.508 e. The van der Waals surface area contributed by atoms with E-state index in [1.165, 1.54) is 55.4 Å². The van der Waals surface area contributed by atoms with E-state index in [0.717, 1.165) is 10.8 Å². The van der Waals surface area contributed by atoms with Crippen LogP contribution in [0, 0.1) is 11.3 Å². The number of amides is 16. The lowest BCUT2D eigenvalue weighted by Gasteiger charge is -2.31. The highest BCUT2D eigenvalue weighted by atomic mass is 35.5. The molecule has 2 heterocycles. The Morgan fingerprint density at radius 2 is 1.03 bits per heavy atom. The Hall–Kier alpha value is -12.2. The third kappa shape index (κ3) is 29.6. The number of likely N-dealkylation sites (tertiary alicyclic amines) is 1. The van der Waals surface area contributed by atoms with Crippen LogP contribution in [0.4, 0.5) is 9.59 Å². The fraction of sp³-hybridized carbons (Fsp3) is 0.440. The Bertz CT molecular complexity index is 4120. The molecule has 604 valence electrons. The van der Waals surface area contributed by atoms with Crippen LogP contribution < -0.4 is 92.1 Å². The topological polar surface area (TPSA) is 580 Å². The maximum absolute atomic E-state index is 15.1. The Balaban J connectivity index is 1.30. The summed E-state index contributed by atoms with van der Waals surface area (Å²) < 4.78 is 0. The van der Waals surface area contributed by atoms with Crippen molar-refractivity contribution in [2.75, 3.05) is 32.8 Å². The number of nitrogens with zero attached hydrogens (tertiary/aromatic N) is 2.